The molecule has 3 N–H and O–H groups in total. The van der Waals surface area contributed by atoms with E-state index >= 15 is 0 Å². The van der Waals surface area contributed by atoms with E-state index in [2.05, 4.69) is 25.6 Å². The van der Waals surface area contributed by atoms with Crippen molar-refractivity contribution in [2.75, 3.05) is 25.5 Å². The van der Waals surface area contributed by atoms with Gasteiger partial charge in [-0.3, -0.25) is 9.69 Å². The van der Waals surface area contributed by atoms with Crippen LogP contribution >= 0.6 is 0 Å². The van der Waals surface area contributed by atoms with Gasteiger partial charge in [0.05, 0.1) is 18.7 Å². The number of hydrogen-bond donors (Lipinski definition) is 3. The summed E-state index contributed by atoms with van der Waals surface area (Å²) in [5.74, 6) is -0.431. The summed E-state index contributed by atoms with van der Waals surface area (Å²) in [6.45, 7) is 3.76. The summed E-state index contributed by atoms with van der Waals surface area (Å²) in [5, 5.41) is 8.80. The molecule has 1 atom stereocenters. The minimum atomic E-state index is -0.385. The maximum atomic E-state index is 12.6. The van der Waals surface area contributed by atoms with E-state index in [1.54, 1.807) is 24.3 Å². The molecule has 0 bridgehead atoms. The van der Waals surface area contributed by atoms with Crippen molar-refractivity contribution in [3.63, 3.8) is 0 Å². The third kappa shape index (κ3) is 6.55. The first kappa shape index (κ1) is 23.3. The topological polar surface area (TPSA) is 99.8 Å². The third-order valence-corrected chi connectivity index (χ3v) is 5.67. The molecule has 8 nitrogen and oxygen atoms in total. The summed E-state index contributed by atoms with van der Waals surface area (Å²) in [4.78, 5) is 38.4. The molecule has 1 heterocycles. The number of nitrogens with zero attached hydrogens (tertiary/aromatic N) is 1. The Hall–Kier alpha value is -3.39. The molecule has 0 saturated carbocycles. The predicted octanol–water partition coefficient (Wildman–Crippen LogP) is 2.76. The van der Waals surface area contributed by atoms with Crippen LogP contribution in [0.2, 0.25) is 0 Å². The molecule has 1 saturated heterocycles. The van der Waals surface area contributed by atoms with Gasteiger partial charge in [0.2, 0.25) is 5.91 Å². The Labute approximate surface area is 188 Å². The van der Waals surface area contributed by atoms with Crippen molar-refractivity contribution in [2.45, 2.75) is 38.4 Å². The van der Waals surface area contributed by atoms with E-state index in [0.29, 0.717) is 12.1 Å². The van der Waals surface area contributed by atoms with Crippen LogP contribution < -0.4 is 16.0 Å². The smallest absolute Gasteiger partial charge is 0.337 e. The van der Waals surface area contributed by atoms with Gasteiger partial charge in [-0.25, -0.2) is 9.59 Å². The molecule has 0 aliphatic carbocycles. The zero-order valence-electron chi connectivity index (χ0n) is 18.5. The number of urea groups is 1. The molecule has 0 spiro atoms. The number of anilines is 1. The van der Waals surface area contributed by atoms with Crippen LogP contribution in [0.15, 0.2) is 54.6 Å². The van der Waals surface area contributed by atoms with Gasteiger partial charge in [0.15, 0.2) is 0 Å². The molecule has 3 rings (SSSR count). The van der Waals surface area contributed by atoms with E-state index in [0.717, 1.165) is 37.2 Å². The minimum absolute atomic E-state index is 0.0460. The van der Waals surface area contributed by atoms with Crippen LogP contribution in [-0.4, -0.2) is 55.1 Å². The number of nitrogens with one attached hydrogen (secondary N) is 3. The van der Waals surface area contributed by atoms with E-state index < -0.39 is 0 Å². The lowest BCUT2D eigenvalue weighted by Gasteiger charge is -2.35. The lowest BCUT2D eigenvalue weighted by molar-refractivity contribution is -0.126. The van der Waals surface area contributed by atoms with E-state index in [-0.39, 0.29) is 30.0 Å². The molecule has 3 amide bonds. The molecule has 8 heteroatoms. The first-order valence-electron chi connectivity index (χ1n) is 10.8. The fourth-order valence-electron chi connectivity index (χ4n) is 3.68. The van der Waals surface area contributed by atoms with Gasteiger partial charge in [-0.05, 0) is 49.6 Å². The molecule has 0 aromatic heterocycles. The van der Waals surface area contributed by atoms with Crippen molar-refractivity contribution in [1.82, 2.24) is 15.5 Å². The Kier molecular flexibility index (Phi) is 8.21. The highest BCUT2D eigenvalue weighted by Crippen LogP contribution is 2.14. The molecule has 170 valence electrons. The van der Waals surface area contributed by atoms with E-state index in [9.17, 15) is 14.4 Å². The average Bonchev–Trinajstić information content (AvgIpc) is 2.83. The van der Waals surface area contributed by atoms with Crippen molar-refractivity contribution < 1.29 is 19.1 Å². The van der Waals surface area contributed by atoms with Crippen LogP contribution in [0.1, 0.15) is 35.7 Å². The van der Waals surface area contributed by atoms with Crippen molar-refractivity contribution >= 4 is 23.6 Å². The Balaban J connectivity index is 1.39. The maximum absolute atomic E-state index is 12.6. The second-order valence-corrected chi connectivity index (χ2v) is 7.86. The first-order valence-corrected chi connectivity index (χ1v) is 10.8. The summed E-state index contributed by atoms with van der Waals surface area (Å²) in [6, 6.07) is 15.9. The highest BCUT2D eigenvalue weighted by atomic mass is 16.5. The second kappa shape index (κ2) is 11.3. The van der Waals surface area contributed by atoms with E-state index in [4.69, 9.17) is 0 Å². The second-order valence-electron chi connectivity index (χ2n) is 7.86. The van der Waals surface area contributed by atoms with Gasteiger partial charge >= 0.3 is 12.0 Å². The lowest BCUT2D eigenvalue weighted by atomic mass is 10.0. The van der Waals surface area contributed by atoms with Gasteiger partial charge < -0.3 is 20.7 Å². The summed E-state index contributed by atoms with van der Waals surface area (Å²) in [7, 11) is 1.34. The van der Waals surface area contributed by atoms with Gasteiger partial charge in [0.1, 0.15) is 0 Å². The molecule has 2 aromatic rings. The number of benzene rings is 2. The predicted molar refractivity (Wildman–Crippen MR) is 122 cm³/mol. The number of carbonyl (C=O) groups is 3. The molecule has 1 aliphatic heterocycles. The molecule has 1 aliphatic rings. The fourth-order valence-corrected chi connectivity index (χ4v) is 3.68. The van der Waals surface area contributed by atoms with Crippen LogP contribution in [-0.2, 0) is 16.1 Å². The van der Waals surface area contributed by atoms with Crippen molar-refractivity contribution in [3.8, 4) is 0 Å². The molecular formula is C24H30N4O4. The average molecular weight is 439 g/mol. The monoisotopic (exact) mass is 438 g/mol. The number of methoxy groups -OCH3 is 1. The van der Waals surface area contributed by atoms with Crippen molar-refractivity contribution in [2.24, 2.45) is 0 Å². The lowest BCUT2D eigenvalue weighted by Crippen LogP contribution is -2.52. The quantitative estimate of drug-likeness (QED) is 0.578. The highest BCUT2D eigenvalue weighted by molar-refractivity contribution is 5.89. The number of carbonyl (C=O) groups excluding carboxylic acids is 3. The van der Waals surface area contributed by atoms with Crippen molar-refractivity contribution in [1.29, 1.82) is 0 Å². The normalized spacial score (nSPS) is 15.4. The van der Waals surface area contributed by atoms with Gasteiger partial charge in [-0.15, -0.1) is 0 Å². The summed E-state index contributed by atoms with van der Waals surface area (Å²) in [6.07, 6.45) is 1.57. The summed E-state index contributed by atoms with van der Waals surface area (Å²) in [5.41, 5.74) is 2.14. The first-order chi connectivity index (χ1) is 15.5. The summed E-state index contributed by atoms with van der Waals surface area (Å²) < 4.78 is 4.69. The number of piperidine rings is 1. The Morgan fingerprint density at radius 1 is 1.03 bits per heavy atom. The fraction of sp³-hybridized carbons (Fsp3) is 0.375. The molecule has 1 unspecified atom stereocenters. The van der Waals surface area contributed by atoms with E-state index in [1.165, 1.54) is 7.11 Å². The molecule has 2 aromatic carbocycles. The minimum Gasteiger partial charge on any atom is -0.465 e. The largest absolute Gasteiger partial charge is 0.465 e. The number of hydrogen-bond acceptors (Lipinski definition) is 5. The van der Waals surface area contributed by atoms with Crippen LogP contribution in [0.5, 0.6) is 0 Å². The molecular weight excluding hydrogens is 408 g/mol. The number of likely N-dealkylation sites (tertiary alicyclic amines) is 1. The zero-order valence-corrected chi connectivity index (χ0v) is 18.5. The Morgan fingerprint density at radius 2 is 1.69 bits per heavy atom. The van der Waals surface area contributed by atoms with Crippen LogP contribution in [0.3, 0.4) is 0 Å². The standard InChI is InChI=1S/C24H30N4O4/c1-17(22(29)25-16-18-8-10-19(11-9-18)23(30)32-2)28-14-12-21(13-15-28)27-24(31)26-20-6-4-3-5-7-20/h3-11,17,21H,12-16H2,1-2H3,(H,25,29)(H2,26,27,31). The van der Waals surface area contributed by atoms with Gasteiger partial charge in [0.25, 0.3) is 0 Å². The van der Waals surface area contributed by atoms with Gasteiger partial charge in [-0.2, -0.15) is 0 Å². The Morgan fingerprint density at radius 3 is 2.31 bits per heavy atom. The van der Waals surface area contributed by atoms with Crippen molar-refractivity contribution in [3.05, 3.63) is 65.7 Å². The number of esters is 1. The summed E-state index contributed by atoms with van der Waals surface area (Å²) >= 11 is 0. The number of amides is 3. The number of para-hydroxylation sites is 1. The molecule has 1 fully saturated rings. The van der Waals surface area contributed by atoms with Gasteiger partial charge in [0, 0.05) is 31.4 Å². The highest BCUT2D eigenvalue weighted by Gasteiger charge is 2.27. The maximum Gasteiger partial charge on any atom is 0.337 e. The third-order valence-electron chi connectivity index (χ3n) is 5.67. The number of rotatable bonds is 7. The van der Waals surface area contributed by atoms with Crippen LogP contribution in [0, 0.1) is 0 Å². The number of ether oxygens (including phenoxy) is 1. The van der Waals surface area contributed by atoms with Crippen LogP contribution in [0.4, 0.5) is 10.5 Å². The molecule has 0 radical (unpaired) electrons. The van der Waals surface area contributed by atoms with Crippen LogP contribution in [0.25, 0.3) is 0 Å². The van der Waals surface area contributed by atoms with E-state index in [1.807, 2.05) is 37.3 Å². The molecule has 32 heavy (non-hydrogen) atoms. The van der Waals surface area contributed by atoms with Gasteiger partial charge in [-0.1, -0.05) is 30.3 Å². The zero-order chi connectivity index (χ0) is 22.9. The SMILES string of the molecule is COC(=O)c1ccc(CNC(=O)C(C)N2CCC(NC(=O)Nc3ccccc3)CC2)cc1. The Bertz CT molecular complexity index is 909.